The van der Waals surface area contributed by atoms with Crippen LogP contribution in [0.4, 0.5) is 0 Å². The van der Waals surface area contributed by atoms with Crippen LogP contribution in [0.3, 0.4) is 0 Å². The van der Waals surface area contributed by atoms with Crippen LogP contribution in [0.5, 0.6) is 0 Å². The van der Waals surface area contributed by atoms with Gasteiger partial charge >= 0.3 is 5.97 Å². The molecule has 1 aromatic heterocycles. The number of aromatic nitrogens is 1. The summed E-state index contributed by atoms with van der Waals surface area (Å²) < 4.78 is 4.48. The maximum Gasteiger partial charge on any atom is 0.447 e. The van der Waals surface area contributed by atoms with Crippen LogP contribution >= 0.6 is 11.3 Å². The molecule has 0 spiro atoms. The molecule has 0 saturated heterocycles. The molecule has 3 nitrogen and oxygen atoms in total. The molecule has 0 radical (unpaired) electrons. The number of halogens is 1. The Morgan fingerprint density at radius 3 is 2.28 bits per heavy atom. The van der Waals surface area contributed by atoms with E-state index in [0.29, 0.717) is 5.56 Å². The average Bonchev–Trinajstić information content (AvgIpc) is 3.35. The summed E-state index contributed by atoms with van der Waals surface area (Å²) in [4.78, 5) is 16.5. The molecule has 0 unspecified atom stereocenters. The van der Waals surface area contributed by atoms with E-state index in [1.165, 1.54) is 11.1 Å². The smallest absolute Gasteiger partial charge is 0.236 e. The van der Waals surface area contributed by atoms with Crippen molar-refractivity contribution in [2.45, 2.75) is 19.3 Å². The van der Waals surface area contributed by atoms with Gasteiger partial charge in [0.2, 0.25) is 11.9 Å². The van der Waals surface area contributed by atoms with Gasteiger partial charge in [0, 0.05) is 10.9 Å². The summed E-state index contributed by atoms with van der Waals surface area (Å²) in [5.41, 5.74) is 6.30. The minimum Gasteiger partial charge on any atom is -0.236 e. The Hall–Kier alpha value is -3.21. The van der Waals surface area contributed by atoms with Gasteiger partial charge in [0.25, 0.3) is 0 Å². The molecule has 0 bridgehead atoms. The summed E-state index contributed by atoms with van der Waals surface area (Å²) >= 11 is 5.26. The fraction of sp³-hybridized carbons (Fsp3) is 0.111. The zero-order chi connectivity index (χ0) is 22.2. The van der Waals surface area contributed by atoms with E-state index >= 15 is 0 Å². The predicted molar refractivity (Wildman–Crippen MR) is 129 cm³/mol. The number of thiazole rings is 1. The van der Waals surface area contributed by atoms with Crippen LogP contribution in [-0.2, 0) is 17.1 Å². The molecule has 0 aliphatic heterocycles. The van der Waals surface area contributed by atoms with E-state index in [9.17, 15) is 4.79 Å². The van der Waals surface area contributed by atoms with E-state index in [4.69, 9.17) is 4.98 Å². The highest BCUT2D eigenvalue weighted by Gasteiger charge is 2.12. The van der Waals surface area contributed by atoms with Crippen LogP contribution in [0, 0.1) is 11.9 Å². The van der Waals surface area contributed by atoms with Crippen molar-refractivity contribution < 1.29 is 20.9 Å². The lowest BCUT2D eigenvalue weighted by Crippen LogP contribution is -1.99. The van der Waals surface area contributed by atoms with Gasteiger partial charge in [-0.2, -0.15) is 0 Å². The second-order valence-corrected chi connectivity index (χ2v) is 8.44. The number of rotatable bonds is 8. The first-order chi connectivity index (χ1) is 15.7. The van der Waals surface area contributed by atoms with Crippen LogP contribution in [0.25, 0.3) is 16.8 Å². The predicted octanol–water partition coefficient (Wildman–Crippen LogP) is 6.15. The first kappa shape index (κ1) is 22.0. The fourth-order valence-electron chi connectivity index (χ4n) is 3.45. The normalized spacial score (nSPS) is 11.3. The van der Waals surface area contributed by atoms with Gasteiger partial charge in [-0.15, -0.1) is 15.6 Å². The van der Waals surface area contributed by atoms with E-state index < -0.39 is 5.97 Å². The lowest BCUT2D eigenvalue weighted by atomic mass is 10.0. The highest BCUT2D eigenvalue weighted by Crippen LogP contribution is 2.29. The first-order valence-electron chi connectivity index (χ1n) is 10.4. The molecule has 1 heterocycles. The maximum absolute atomic E-state index is 11.6. The third-order valence-electron chi connectivity index (χ3n) is 5.23. The molecule has 0 aliphatic rings. The topological polar surface area (TPSA) is 39.2 Å². The molecule has 32 heavy (non-hydrogen) atoms. The summed E-state index contributed by atoms with van der Waals surface area (Å²) in [6.45, 7) is 0. The zero-order valence-electron chi connectivity index (χ0n) is 17.5. The number of carbonyl (C=O) groups is 1. The monoisotopic (exact) mass is 461 g/mol. The Morgan fingerprint density at radius 2 is 1.59 bits per heavy atom. The zero-order valence-corrected chi connectivity index (χ0v) is 19.2. The Labute approximate surface area is 197 Å². The second kappa shape index (κ2) is 10.9. The van der Waals surface area contributed by atoms with Crippen molar-refractivity contribution in [1.82, 2.24) is 4.98 Å². The van der Waals surface area contributed by atoms with Gasteiger partial charge in [-0.3, -0.25) is 0 Å². The Balaban J connectivity index is 1.56. The third-order valence-corrected chi connectivity index (χ3v) is 6.31. The highest BCUT2D eigenvalue weighted by atomic mass is 35.5. The maximum atomic E-state index is 11.6. The molecule has 5 heteroatoms. The third kappa shape index (κ3) is 5.72. The Bertz CT molecular complexity index is 1190. The van der Waals surface area contributed by atoms with Gasteiger partial charge in [-0.05, 0) is 48.1 Å². The molecule has 160 valence electrons. The lowest BCUT2D eigenvalue weighted by molar-refractivity contribution is -0.653. The van der Waals surface area contributed by atoms with Crippen molar-refractivity contribution in [2.24, 2.45) is 0 Å². The quantitative estimate of drug-likeness (QED) is 0.315. The fourth-order valence-corrected chi connectivity index (χ4v) is 4.46. The van der Waals surface area contributed by atoms with Crippen LogP contribution in [0.1, 0.15) is 32.9 Å². The molecule has 4 rings (SSSR count). The van der Waals surface area contributed by atoms with Gasteiger partial charge in [-0.1, -0.05) is 78.9 Å². The lowest BCUT2D eigenvalue weighted by Gasteiger charge is -2.06. The molecule has 4 aromatic rings. The van der Waals surface area contributed by atoms with Crippen molar-refractivity contribution in [2.75, 3.05) is 0 Å². The van der Waals surface area contributed by atoms with Crippen molar-refractivity contribution >= 4 is 22.9 Å². The molecular formula is C27H24ClNO2S+2. The molecule has 0 N–H and O–H groups in total. The number of allylic oxidation sites excluding steroid dienone is 2. The van der Waals surface area contributed by atoms with E-state index in [1.807, 2.05) is 36.4 Å². The van der Waals surface area contributed by atoms with Crippen LogP contribution in [-0.4, -0.2) is 11.0 Å². The molecule has 3 aromatic carbocycles. The van der Waals surface area contributed by atoms with Crippen LogP contribution < -0.4 is 0 Å². The molecular weight excluding hydrogens is 438 g/mol. The highest BCUT2D eigenvalue weighted by molar-refractivity contribution is 7.11. The van der Waals surface area contributed by atoms with Crippen LogP contribution in [0.15, 0.2) is 96.4 Å². The largest absolute Gasteiger partial charge is 0.447 e. The number of hydrogen-bond acceptors (Lipinski definition) is 4. The van der Waals surface area contributed by atoms with Gasteiger partial charge in [0.1, 0.15) is 5.01 Å². The molecule has 0 aliphatic carbocycles. The van der Waals surface area contributed by atoms with Crippen molar-refractivity contribution in [3.8, 4) is 11.3 Å². The summed E-state index contributed by atoms with van der Waals surface area (Å²) in [7, 11) is 0. The minimum atomic E-state index is -0.449. The second-order valence-electron chi connectivity index (χ2n) is 7.40. The van der Waals surface area contributed by atoms with Gasteiger partial charge < -0.3 is 0 Å². The molecule has 0 amide bonds. The van der Waals surface area contributed by atoms with E-state index in [-0.39, 0.29) is 0 Å². The van der Waals surface area contributed by atoms with Crippen molar-refractivity contribution in [3.63, 3.8) is 0 Å². The minimum absolute atomic E-state index is 0.449. The standard InChI is InChI=1S/C27H24ClNO2S/c28-31-27(30)24-17-13-21(14-18-24)12-16-23(15-11-20-7-3-1-4-8-20)26-29-25(19-32-26)22-9-5-2-6-10-22/h1-10,13-14,16-19H,11-12,15,28H2/q+2/b23-16+. The Kier molecular flexibility index (Phi) is 7.49. The Morgan fingerprint density at radius 1 is 0.906 bits per heavy atom. The summed E-state index contributed by atoms with van der Waals surface area (Å²) in [5, 5.41) is 3.17. The SMILES string of the molecule is O=C(O[ClH2+2])c1ccc(C/C=C(\CCc2ccccc2)c2nc(-c3ccccc3)cs2)cc1. The van der Waals surface area contributed by atoms with E-state index in [0.717, 1.165) is 41.1 Å². The number of aryl methyl sites for hydroxylation is 1. The summed E-state index contributed by atoms with van der Waals surface area (Å²) in [5.74, 6) is -0.449. The summed E-state index contributed by atoms with van der Waals surface area (Å²) in [6, 6.07) is 28.2. The van der Waals surface area contributed by atoms with Crippen molar-refractivity contribution in [3.05, 3.63) is 118 Å². The molecule has 0 fully saturated rings. The van der Waals surface area contributed by atoms with E-state index in [2.05, 4.69) is 64.0 Å². The molecule has 0 atom stereocenters. The van der Waals surface area contributed by atoms with Gasteiger partial charge in [0.15, 0.2) is 0 Å². The van der Waals surface area contributed by atoms with E-state index in [1.54, 1.807) is 23.5 Å². The van der Waals surface area contributed by atoms with Crippen molar-refractivity contribution in [1.29, 1.82) is 0 Å². The average molecular weight is 462 g/mol. The van der Waals surface area contributed by atoms with Gasteiger partial charge in [0.05, 0.1) is 11.3 Å². The number of carbonyl (C=O) groups excluding carboxylic acids is 1. The number of nitrogens with zero attached hydrogens (tertiary/aromatic N) is 1. The summed E-state index contributed by atoms with van der Waals surface area (Å²) in [6.07, 6.45) is 4.89. The van der Waals surface area contributed by atoms with Crippen LogP contribution in [0.2, 0.25) is 0 Å². The number of benzene rings is 3. The first-order valence-corrected chi connectivity index (χ1v) is 11.7. The number of hydrogen-bond donors (Lipinski definition) is 0. The van der Waals surface area contributed by atoms with Gasteiger partial charge in [-0.25, -0.2) is 9.78 Å². The molecule has 0 saturated carbocycles.